The molecular weight excluding hydrogens is 306 g/mol. The molecule has 2 nitrogen and oxygen atoms in total. The Hall–Kier alpha value is -1.67. The Morgan fingerprint density at radius 2 is 1.56 bits per heavy atom. The van der Waals surface area contributed by atoms with Crippen molar-refractivity contribution in [2.75, 3.05) is 0 Å². The van der Waals surface area contributed by atoms with E-state index in [4.69, 9.17) is 4.98 Å². The highest BCUT2D eigenvalue weighted by Gasteiger charge is 2.77. The number of rotatable bonds is 2. The van der Waals surface area contributed by atoms with Crippen molar-refractivity contribution in [1.82, 2.24) is 4.98 Å². The van der Waals surface area contributed by atoms with E-state index in [1.165, 1.54) is 6.42 Å². The maximum Gasteiger partial charge on any atom is 0.118 e. The maximum absolute atomic E-state index is 12.2. The van der Waals surface area contributed by atoms with Crippen LogP contribution in [0.1, 0.15) is 53.2 Å². The third kappa shape index (κ3) is 1.81. The fourth-order valence-corrected chi connectivity index (χ4v) is 6.39. The van der Waals surface area contributed by atoms with Crippen LogP contribution in [0.4, 0.5) is 0 Å². The number of aromatic nitrogens is 1. The second kappa shape index (κ2) is 4.94. The highest BCUT2D eigenvalue weighted by Crippen LogP contribution is 2.78. The van der Waals surface area contributed by atoms with Gasteiger partial charge in [0.2, 0.25) is 0 Å². The SMILES string of the molecule is CC1(C)[C@@H]2CC[C@](C)(C2(C)C)[C@@]1(O)c1cccc(-c2ccccc2)n1. The van der Waals surface area contributed by atoms with E-state index in [0.717, 1.165) is 23.4 Å². The summed E-state index contributed by atoms with van der Waals surface area (Å²) < 4.78 is 0. The number of benzene rings is 1. The van der Waals surface area contributed by atoms with Gasteiger partial charge in [-0.15, -0.1) is 0 Å². The van der Waals surface area contributed by atoms with E-state index in [9.17, 15) is 5.11 Å². The van der Waals surface area contributed by atoms with Gasteiger partial charge in [-0.2, -0.15) is 0 Å². The third-order valence-corrected chi connectivity index (χ3v) is 8.02. The Balaban J connectivity index is 1.90. The average Bonchev–Trinajstić information content (AvgIpc) is 2.89. The maximum atomic E-state index is 12.2. The predicted octanol–water partition coefficient (Wildman–Crippen LogP) is 5.42. The lowest BCUT2D eigenvalue weighted by Gasteiger charge is -2.51. The van der Waals surface area contributed by atoms with E-state index in [-0.39, 0.29) is 16.2 Å². The topological polar surface area (TPSA) is 33.1 Å². The Bertz CT molecular complexity index is 810. The van der Waals surface area contributed by atoms with Crippen LogP contribution in [0.3, 0.4) is 0 Å². The molecule has 0 radical (unpaired) electrons. The van der Waals surface area contributed by atoms with Crippen molar-refractivity contribution in [3.63, 3.8) is 0 Å². The summed E-state index contributed by atoms with van der Waals surface area (Å²) in [6.07, 6.45) is 2.25. The van der Waals surface area contributed by atoms with Crippen LogP contribution in [0.5, 0.6) is 0 Å². The molecule has 2 saturated carbocycles. The van der Waals surface area contributed by atoms with E-state index >= 15 is 0 Å². The molecule has 1 N–H and O–H groups in total. The van der Waals surface area contributed by atoms with Gasteiger partial charge in [0.15, 0.2) is 0 Å². The van der Waals surface area contributed by atoms with Gasteiger partial charge in [-0.3, -0.25) is 0 Å². The summed E-state index contributed by atoms with van der Waals surface area (Å²) in [4.78, 5) is 4.97. The molecule has 1 aromatic carbocycles. The average molecular weight is 335 g/mol. The van der Waals surface area contributed by atoms with Gasteiger partial charge >= 0.3 is 0 Å². The summed E-state index contributed by atoms with van der Waals surface area (Å²) >= 11 is 0. The second-order valence-electron chi connectivity index (χ2n) is 9.35. The smallest absolute Gasteiger partial charge is 0.118 e. The highest BCUT2D eigenvalue weighted by molar-refractivity contribution is 5.59. The zero-order valence-corrected chi connectivity index (χ0v) is 16.0. The van der Waals surface area contributed by atoms with Crippen LogP contribution in [0.15, 0.2) is 48.5 Å². The Kier molecular flexibility index (Phi) is 3.32. The van der Waals surface area contributed by atoms with Gasteiger partial charge in [0.1, 0.15) is 5.60 Å². The summed E-state index contributed by atoms with van der Waals surface area (Å²) in [5.41, 5.74) is 1.66. The quantitative estimate of drug-likeness (QED) is 0.795. The molecule has 2 heteroatoms. The molecule has 2 bridgehead atoms. The fraction of sp³-hybridized carbons (Fsp3) is 0.522. The highest BCUT2D eigenvalue weighted by atomic mass is 16.3. The van der Waals surface area contributed by atoms with Crippen molar-refractivity contribution in [1.29, 1.82) is 0 Å². The first-order valence-corrected chi connectivity index (χ1v) is 9.41. The van der Waals surface area contributed by atoms with Crippen LogP contribution in [0.2, 0.25) is 0 Å². The molecule has 2 aromatic rings. The van der Waals surface area contributed by atoms with Gasteiger partial charge in [0.25, 0.3) is 0 Å². The van der Waals surface area contributed by atoms with Crippen molar-refractivity contribution in [3.8, 4) is 11.3 Å². The minimum atomic E-state index is -0.919. The molecule has 25 heavy (non-hydrogen) atoms. The molecule has 1 heterocycles. The van der Waals surface area contributed by atoms with Gasteiger partial charge < -0.3 is 5.11 Å². The number of nitrogens with zero attached hydrogens (tertiary/aromatic N) is 1. The number of pyridine rings is 1. The standard InChI is InChI=1S/C23H29NO/c1-20(2)18-14-15-22(20,5)23(25,21(18,3)4)19-13-9-12-17(24-19)16-10-7-6-8-11-16/h6-13,18,25H,14-15H2,1-5H3/t18-,22-,23-/m1/s1. The first-order chi connectivity index (χ1) is 11.7. The lowest BCUT2D eigenvalue weighted by molar-refractivity contribution is -0.161. The lowest BCUT2D eigenvalue weighted by Crippen LogP contribution is -2.52. The first kappa shape index (κ1) is 16.8. The molecule has 2 fully saturated rings. The molecule has 3 atom stereocenters. The molecular formula is C23H29NO. The summed E-state index contributed by atoms with van der Waals surface area (Å²) in [6, 6.07) is 16.3. The minimum absolute atomic E-state index is 0.0929. The van der Waals surface area contributed by atoms with Crippen molar-refractivity contribution in [3.05, 3.63) is 54.2 Å². The predicted molar refractivity (Wildman–Crippen MR) is 102 cm³/mol. The molecule has 1 aromatic heterocycles. The Morgan fingerprint density at radius 1 is 0.880 bits per heavy atom. The van der Waals surface area contributed by atoms with Crippen molar-refractivity contribution < 1.29 is 5.11 Å². The van der Waals surface area contributed by atoms with Gasteiger partial charge in [0.05, 0.1) is 11.4 Å². The zero-order chi connectivity index (χ0) is 18.1. The Morgan fingerprint density at radius 3 is 2.16 bits per heavy atom. The van der Waals surface area contributed by atoms with Crippen molar-refractivity contribution >= 4 is 0 Å². The summed E-state index contributed by atoms with van der Waals surface area (Å²) in [5.74, 6) is 0.497. The summed E-state index contributed by atoms with van der Waals surface area (Å²) in [5, 5.41) is 12.2. The molecule has 2 aliphatic carbocycles. The number of hydrogen-bond donors (Lipinski definition) is 1. The van der Waals surface area contributed by atoms with Gasteiger partial charge in [0, 0.05) is 16.4 Å². The molecule has 2 aliphatic rings. The molecule has 132 valence electrons. The largest absolute Gasteiger partial charge is 0.382 e. The van der Waals surface area contributed by atoms with Crippen LogP contribution >= 0.6 is 0 Å². The molecule has 4 rings (SSSR count). The zero-order valence-electron chi connectivity index (χ0n) is 16.0. The number of aliphatic hydroxyl groups is 1. The van der Waals surface area contributed by atoms with Crippen LogP contribution in [-0.2, 0) is 5.60 Å². The van der Waals surface area contributed by atoms with Crippen molar-refractivity contribution in [2.45, 2.75) is 53.1 Å². The molecule has 0 unspecified atom stereocenters. The molecule has 0 amide bonds. The lowest BCUT2D eigenvalue weighted by atomic mass is 9.58. The third-order valence-electron chi connectivity index (χ3n) is 8.02. The van der Waals surface area contributed by atoms with Gasteiger partial charge in [-0.05, 0) is 36.3 Å². The van der Waals surface area contributed by atoms with Gasteiger partial charge in [-0.25, -0.2) is 4.98 Å². The second-order valence-corrected chi connectivity index (χ2v) is 9.35. The normalized spacial score (nSPS) is 35.0. The van der Waals surface area contributed by atoms with Crippen LogP contribution < -0.4 is 0 Å². The summed E-state index contributed by atoms with van der Waals surface area (Å²) in [6.45, 7) is 11.4. The van der Waals surface area contributed by atoms with Gasteiger partial charge in [-0.1, -0.05) is 71.0 Å². The summed E-state index contributed by atoms with van der Waals surface area (Å²) in [7, 11) is 0. The fourth-order valence-electron chi connectivity index (χ4n) is 6.39. The van der Waals surface area contributed by atoms with E-state index in [2.05, 4.69) is 46.8 Å². The van der Waals surface area contributed by atoms with E-state index in [1.807, 2.05) is 36.4 Å². The van der Waals surface area contributed by atoms with E-state index in [1.54, 1.807) is 0 Å². The van der Waals surface area contributed by atoms with Crippen LogP contribution in [-0.4, -0.2) is 10.1 Å². The minimum Gasteiger partial charge on any atom is -0.382 e. The molecule has 0 saturated heterocycles. The van der Waals surface area contributed by atoms with E-state index < -0.39 is 5.60 Å². The van der Waals surface area contributed by atoms with Crippen LogP contribution in [0.25, 0.3) is 11.3 Å². The van der Waals surface area contributed by atoms with Crippen molar-refractivity contribution in [2.24, 2.45) is 22.2 Å². The van der Waals surface area contributed by atoms with E-state index in [0.29, 0.717) is 5.92 Å². The number of hydrogen-bond acceptors (Lipinski definition) is 2. The number of fused-ring (bicyclic) bond motifs is 2. The molecule has 0 aliphatic heterocycles. The monoisotopic (exact) mass is 335 g/mol. The van der Waals surface area contributed by atoms with Crippen LogP contribution in [0, 0.1) is 22.2 Å². The Labute approximate surface area is 151 Å². The first-order valence-electron chi connectivity index (χ1n) is 9.41. The molecule has 0 spiro atoms.